The molecule has 0 spiro atoms. The van der Waals surface area contributed by atoms with E-state index in [2.05, 4.69) is 27.8 Å². The van der Waals surface area contributed by atoms with Gasteiger partial charge in [0.1, 0.15) is 0 Å². The molecule has 0 amide bonds. The van der Waals surface area contributed by atoms with Crippen LogP contribution in [-0.2, 0) is 6.42 Å². The molecule has 2 heterocycles. The number of hydrogen-bond acceptors (Lipinski definition) is 2. The molecule has 0 aliphatic heterocycles. The van der Waals surface area contributed by atoms with Gasteiger partial charge in [-0.1, -0.05) is 6.92 Å². The molecule has 2 rings (SSSR count). The van der Waals surface area contributed by atoms with Gasteiger partial charge in [-0.15, -0.1) is 11.3 Å². The standard InChI is InChI=1S/C9H8BrNOS/c1-2-5-3-11-9(12)7-6(10)4-13-8(5)7/h3-4H,2H2,1H3,(H,11,12). The molecule has 2 aromatic heterocycles. The van der Waals surface area contributed by atoms with Crippen molar-refractivity contribution in [2.75, 3.05) is 0 Å². The molecule has 0 saturated heterocycles. The zero-order valence-electron chi connectivity index (χ0n) is 7.06. The molecule has 1 N–H and O–H groups in total. The highest BCUT2D eigenvalue weighted by atomic mass is 79.9. The zero-order chi connectivity index (χ0) is 9.42. The number of aryl methyl sites for hydroxylation is 1. The van der Waals surface area contributed by atoms with E-state index >= 15 is 0 Å². The Morgan fingerprint density at radius 1 is 1.62 bits per heavy atom. The van der Waals surface area contributed by atoms with Crippen LogP contribution in [-0.4, -0.2) is 4.98 Å². The van der Waals surface area contributed by atoms with Crippen LogP contribution in [0.25, 0.3) is 10.1 Å². The quantitative estimate of drug-likeness (QED) is 0.838. The summed E-state index contributed by atoms with van der Waals surface area (Å²) in [7, 11) is 0. The molecular formula is C9H8BrNOS. The maximum Gasteiger partial charge on any atom is 0.257 e. The number of hydrogen-bond donors (Lipinski definition) is 1. The van der Waals surface area contributed by atoms with Gasteiger partial charge in [-0.2, -0.15) is 0 Å². The summed E-state index contributed by atoms with van der Waals surface area (Å²) in [5.41, 5.74) is 1.19. The van der Waals surface area contributed by atoms with Crippen LogP contribution in [0.4, 0.5) is 0 Å². The summed E-state index contributed by atoms with van der Waals surface area (Å²) in [6.07, 6.45) is 2.74. The molecule has 0 bridgehead atoms. The number of rotatable bonds is 1. The van der Waals surface area contributed by atoms with Gasteiger partial charge in [0.25, 0.3) is 5.56 Å². The lowest BCUT2D eigenvalue weighted by molar-refractivity contribution is 1.12. The summed E-state index contributed by atoms with van der Waals surface area (Å²) < 4.78 is 1.99. The second-order valence-corrected chi connectivity index (χ2v) is 4.52. The van der Waals surface area contributed by atoms with Gasteiger partial charge in [0.15, 0.2) is 0 Å². The lowest BCUT2D eigenvalue weighted by Crippen LogP contribution is -2.05. The van der Waals surface area contributed by atoms with Gasteiger partial charge in [-0.05, 0) is 27.9 Å². The van der Waals surface area contributed by atoms with Crippen molar-refractivity contribution >= 4 is 37.4 Å². The maximum atomic E-state index is 11.4. The first-order valence-electron chi connectivity index (χ1n) is 4.01. The minimum atomic E-state index is -0.0136. The third-order valence-corrected chi connectivity index (χ3v) is 4.01. The molecular weight excluding hydrogens is 250 g/mol. The molecule has 0 aromatic carbocycles. The second kappa shape index (κ2) is 3.27. The average Bonchev–Trinajstić information content (AvgIpc) is 2.50. The average molecular weight is 258 g/mol. The van der Waals surface area contributed by atoms with Crippen molar-refractivity contribution in [2.24, 2.45) is 0 Å². The Morgan fingerprint density at radius 3 is 3.08 bits per heavy atom. The van der Waals surface area contributed by atoms with E-state index in [0.717, 1.165) is 21.0 Å². The van der Waals surface area contributed by atoms with Gasteiger partial charge >= 0.3 is 0 Å². The Balaban J connectivity index is 2.95. The van der Waals surface area contributed by atoms with Gasteiger partial charge in [0.05, 0.1) is 5.39 Å². The van der Waals surface area contributed by atoms with Crippen LogP contribution < -0.4 is 5.56 Å². The molecule has 0 aliphatic carbocycles. The summed E-state index contributed by atoms with van der Waals surface area (Å²) in [6, 6.07) is 0. The van der Waals surface area contributed by atoms with E-state index in [1.54, 1.807) is 17.5 Å². The third-order valence-electron chi connectivity index (χ3n) is 2.02. The molecule has 2 nitrogen and oxygen atoms in total. The van der Waals surface area contributed by atoms with Gasteiger partial charge in [0.2, 0.25) is 0 Å². The van der Waals surface area contributed by atoms with Crippen molar-refractivity contribution in [1.29, 1.82) is 0 Å². The minimum Gasteiger partial charge on any atom is -0.328 e. The first kappa shape index (κ1) is 8.97. The van der Waals surface area contributed by atoms with Crippen LogP contribution in [0.3, 0.4) is 0 Å². The molecule has 0 aliphatic rings. The van der Waals surface area contributed by atoms with Crippen molar-refractivity contribution in [3.05, 3.63) is 32.0 Å². The van der Waals surface area contributed by atoms with Crippen LogP contribution in [0.1, 0.15) is 12.5 Å². The van der Waals surface area contributed by atoms with Gasteiger partial charge in [-0.3, -0.25) is 4.79 Å². The minimum absolute atomic E-state index is 0.0136. The normalized spacial score (nSPS) is 10.9. The number of pyridine rings is 1. The lowest BCUT2D eigenvalue weighted by Gasteiger charge is -1.97. The Bertz CT molecular complexity index is 500. The first-order valence-corrected chi connectivity index (χ1v) is 5.68. The summed E-state index contributed by atoms with van der Waals surface area (Å²) >= 11 is 4.98. The van der Waals surface area contributed by atoms with Gasteiger partial charge in [-0.25, -0.2) is 0 Å². The number of aromatic amines is 1. The molecule has 2 aromatic rings. The summed E-state index contributed by atoms with van der Waals surface area (Å²) in [5.74, 6) is 0. The first-order chi connectivity index (χ1) is 6.24. The van der Waals surface area contributed by atoms with E-state index in [-0.39, 0.29) is 5.56 Å². The van der Waals surface area contributed by atoms with E-state index < -0.39 is 0 Å². The highest BCUT2D eigenvalue weighted by Gasteiger charge is 2.08. The summed E-state index contributed by atoms with van der Waals surface area (Å²) in [4.78, 5) is 14.2. The molecule has 4 heteroatoms. The van der Waals surface area contributed by atoms with Crippen LogP contribution in [0.5, 0.6) is 0 Å². The van der Waals surface area contributed by atoms with Crippen molar-refractivity contribution in [2.45, 2.75) is 13.3 Å². The van der Waals surface area contributed by atoms with Crippen LogP contribution in [0.15, 0.2) is 20.8 Å². The lowest BCUT2D eigenvalue weighted by atomic mass is 10.2. The van der Waals surface area contributed by atoms with Crippen LogP contribution in [0, 0.1) is 0 Å². The van der Waals surface area contributed by atoms with Crippen molar-refractivity contribution in [1.82, 2.24) is 4.98 Å². The largest absolute Gasteiger partial charge is 0.328 e. The summed E-state index contributed by atoms with van der Waals surface area (Å²) in [6.45, 7) is 2.08. The highest BCUT2D eigenvalue weighted by Crippen LogP contribution is 2.29. The van der Waals surface area contributed by atoms with E-state index in [9.17, 15) is 4.79 Å². The van der Waals surface area contributed by atoms with E-state index in [4.69, 9.17) is 0 Å². The summed E-state index contributed by atoms with van der Waals surface area (Å²) in [5, 5.41) is 2.74. The third kappa shape index (κ3) is 1.34. The zero-order valence-corrected chi connectivity index (χ0v) is 9.46. The number of aromatic nitrogens is 1. The Morgan fingerprint density at radius 2 is 2.38 bits per heavy atom. The smallest absolute Gasteiger partial charge is 0.257 e. The van der Waals surface area contributed by atoms with E-state index in [0.29, 0.717) is 0 Å². The second-order valence-electron chi connectivity index (χ2n) is 2.78. The molecule has 0 saturated carbocycles. The molecule has 0 radical (unpaired) electrons. The van der Waals surface area contributed by atoms with Crippen molar-refractivity contribution in [3.8, 4) is 0 Å². The van der Waals surface area contributed by atoms with Crippen molar-refractivity contribution < 1.29 is 0 Å². The molecule has 0 atom stereocenters. The Hall–Kier alpha value is -0.610. The van der Waals surface area contributed by atoms with Gasteiger partial charge in [0, 0.05) is 20.7 Å². The Labute approximate surface area is 87.7 Å². The van der Waals surface area contributed by atoms with E-state index in [1.807, 2.05) is 5.38 Å². The number of thiophene rings is 1. The predicted octanol–water partition coefficient (Wildman–Crippen LogP) is 2.91. The number of halogens is 1. The maximum absolute atomic E-state index is 11.4. The topological polar surface area (TPSA) is 32.9 Å². The van der Waals surface area contributed by atoms with E-state index in [1.165, 1.54) is 5.56 Å². The predicted molar refractivity (Wildman–Crippen MR) is 59.5 cm³/mol. The molecule has 13 heavy (non-hydrogen) atoms. The fraction of sp³-hybridized carbons (Fsp3) is 0.222. The van der Waals surface area contributed by atoms with Crippen LogP contribution >= 0.6 is 27.3 Å². The Kier molecular flexibility index (Phi) is 2.26. The fourth-order valence-corrected chi connectivity index (χ4v) is 3.14. The molecule has 68 valence electrons. The fourth-order valence-electron chi connectivity index (χ4n) is 1.34. The van der Waals surface area contributed by atoms with Gasteiger partial charge < -0.3 is 4.98 Å². The monoisotopic (exact) mass is 257 g/mol. The molecule has 0 unspecified atom stereocenters. The van der Waals surface area contributed by atoms with Crippen LogP contribution in [0.2, 0.25) is 0 Å². The molecule has 0 fully saturated rings. The SMILES string of the molecule is CCc1c[nH]c(=O)c2c(Br)csc12. The highest BCUT2D eigenvalue weighted by molar-refractivity contribution is 9.10. The number of fused-ring (bicyclic) bond motifs is 1. The van der Waals surface area contributed by atoms with Crippen molar-refractivity contribution in [3.63, 3.8) is 0 Å². The number of nitrogens with one attached hydrogen (secondary N) is 1. The number of H-pyrrole nitrogens is 1.